The topological polar surface area (TPSA) is 80.0 Å². The molecule has 1 aliphatic carbocycles. The van der Waals surface area contributed by atoms with Crippen LogP contribution < -0.4 is 16.4 Å². The number of rotatable bonds is 4. The molecule has 2 rings (SSSR count). The van der Waals surface area contributed by atoms with Gasteiger partial charge in [0.25, 0.3) is 5.91 Å². The molecule has 4 N–H and O–H groups in total. The van der Waals surface area contributed by atoms with Crippen LogP contribution in [-0.4, -0.2) is 23.4 Å². The van der Waals surface area contributed by atoms with Crippen molar-refractivity contribution in [2.24, 2.45) is 5.92 Å². The van der Waals surface area contributed by atoms with Gasteiger partial charge in [-0.2, -0.15) is 4.37 Å². The predicted octanol–water partition coefficient (Wildman–Crippen LogP) is 1.30. The molecule has 1 aromatic rings. The number of amides is 1. The minimum atomic E-state index is -0.178. The summed E-state index contributed by atoms with van der Waals surface area (Å²) in [5.41, 5.74) is 6.16. The molecule has 1 aliphatic rings. The van der Waals surface area contributed by atoms with Crippen LogP contribution in [0.4, 0.5) is 10.8 Å². The fourth-order valence-corrected chi connectivity index (χ4v) is 2.56. The van der Waals surface area contributed by atoms with Crippen molar-refractivity contribution in [3.63, 3.8) is 0 Å². The summed E-state index contributed by atoms with van der Waals surface area (Å²) < 4.78 is 4.01. The normalized spacial score (nSPS) is 22.9. The van der Waals surface area contributed by atoms with Crippen molar-refractivity contribution in [3.8, 4) is 0 Å². The fourth-order valence-electron chi connectivity index (χ4n) is 1.79. The Morgan fingerprint density at radius 1 is 1.69 bits per heavy atom. The summed E-state index contributed by atoms with van der Waals surface area (Å²) >= 11 is 1.25. The Labute approximate surface area is 98.6 Å². The zero-order valence-corrected chi connectivity index (χ0v) is 10.2. The summed E-state index contributed by atoms with van der Waals surface area (Å²) in [7, 11) is 1.59. The van der Waals surface area contributed by atoms with Gasteiger partial charge in [0.1, 0.15) is 10.6 Å². The second kappa shape index (κ2) is 4.29. The molecule has 1 saturated carbocycles. The Morgan fingerprint density at radius 2 is 2.44 bits per heavy atom. The molecular weight excluding hydrogens is 224 g/mol. The standard InChI is InChI=1S/C10H16N4OS/c1-3-5-4-6(5)13-10-7(9(15)12-2)8(11)14-16-10/h5-6,13H,3-4H2,1-2H3,(H2,11,14)(H,12,15). The Kier molecular flexibility index (Phi) is 3.00. The number of anilines is 2. The van der Waals surface area contributed by atoms with Gasteiger partial charge in [-0.25, -0.2) is 0 Å². The van der Waals surface area contributed by atoms with Crippen molar-refractivity contribution in [2.75, 3.05) is 18.1 Å². The highest BCUT2D eigenvalue weighted by atomic mass is 32.1. The molecular formula is C10H16N4OS. The average molecular weight is 240 g/mol. The van der Waals surface area contributed by atoms with E-state index < -0.39 is 0 Å². The van der Waals surface area contributed by atoms with Gasteiger partial charge >= 0.3 is 0 Å². The van der Waals surface area contributed by atoms with Gasteiger partial charge in [0, 0.05) is 13.1 Å². The van der Waals surface area contributed by atoms with E-state index in [0.717, 1.165) is 10.9 Å². The summed E-state index contributed by atoms with van der Waals surface area (Å²) in [6.45, 7) is 2.17. The number of aromatic nitrogens is 1. The third-order valence-electron chi connectivity index (χ3n) is 2.94. The Balaban J connectivity index is 2.12. The van der Waals surface area contributed by atoms with Crippen LogP contribution in [0, 0.1) is 5.92 Å². The zero-order valence-electron chi connectivity index (χ0n) is 9.41. The van der Waals surface area contributed by atoms with Crippen LogP contribution in [0.25, 0.3) is 0 Å². The van der Waals surface area contributed by atoms with Crippen molar-refractivity contribution in [3.05, 3.63) is 5.56 Å². The first-order valence-corrected chi connectivity index (χ1v) is 6.18. The molecule has 1 amide bonds. The molecule has 88 valence electrons. The van der Waals surface area contributed by atoms with E-state index in [1.807, 2.05) is 0 Å². The zero-order chi connectivity index (χ0) is 11.7. The van der Waals surface area contributed by atoms with Gasteiger partial charge in [-0.3, -0.25) is 4.79 Å². The maximum atomic E-state index is 11.6. The first-order chi connectivity index (χ1) is 7.67. The van der Waals surface area contributed by atoms with Gasteiger partial charge in [0.15, 0.2) is 5.82 Å². The highest BCUT2D eigenvalue weighted by Gasteiger charge is 2.36. The minimum absolute atomic E-state index is 0.178. The Bertz CT molecular complexity index is 404. The lowest BCUT2D eigenvalue weighted by Gasteiger charge is -2.05. The molecule has 0 aromatic carbocycles. The predicted molar refractivity (Wildman–Crippen MR) is 65.7 cm³/mol. The van der Waals surface area contributed by atoms with E-state index in [1.54, 1.807) is 7.05 Å². The monoisotopic (exact) mass is 240 g/mol. The lowest BCUT2D eigenvalue weighted by molar-refractivity contribution is 0.0965. The smallest absolute Gasteiger partial charge is 0.257 e. The third-order valence-corrected chi connectivity index (χ3v) is 3.73. The first-order valence-electron chi connectivity index (χ1n) is 5.41. The molecule has 1 fully saturated rings. The third kappa shape index (κ3) is 1.97. The Hall–Kier alpha value is -1.30. The van der Waals surface area contributed by atoms with E-state index in [9.17, 15) is 4.79 Å². The molecule has 0 bridgehead atoms. The first kappa shape index (κ1) is 11.2. The molecule has 2 unspecified atom stereocenters. The van der Waals surface area contributed by atoms with Crippen LogP contribution in [0.3, 0.4) is 0 Å². The largest absolute Gasteiger partial charge is 0.382 e. The van der Waals surface area contributed by atoms with Crippen LogP contribution in [-0.2, 0) is 0 Å². The second-order valence-corrected chi connectivity index (χ2v) is 4.78. The molecule has 6 heteroatoms. The van der Waals surface area contributed by atoms with E-state index in [-0.39, 0.29) is 5.91 Å². The quantitative estimate of drug-likeness (QED) is 0.741. The Morgan fingerprint density at radius 3 is 3.00 bits per heavy atom. The number of nitrogens with zero attached hydrogens (tertiary/aromatic N) is 1. The number of carbonyl (C=O) groups excluding carboxylic acids is 1. The molecule has 0 spiro atoms. The van der Waals surface area contributed by atoms with E-state index in [1.165, 1.54) is 24.4 Å². The van der Waals surface area contributed by atoms with Crippen LogP contribution in [0.5, 0.6) is 0 Å². The fraction of sp³-hybridized carbons (Fsp3) is 0.600. The molecule has 0 saturated heterocycles. The highest BCUT2D eigenvalue weighted by molar-refractivity contribution is 7.11. The van der Waals surface area contributed by atoms with E-state index in [2.05, 4.69) is 21.9 Å². The minimum Gasteiger partial charge on any atom is -0.382 e. The lowest BCUT2D eigenvalue weighted by atomic mass is 10.3. The van der Waals surface area contributed by atoms with Crippen molar-refractivity contribution >= 4 is 28.3 Å². The number of nitrogen functional groups attached to an aromatic ring is 1. The van der Waals surface area contributed by atoms with Crippen molar-refractivity contribution in [2.45, 2.75) is 25.8 Å². The maximum absolute atomic E-state index is 11.6. The van der Waals surface area contributed by atoms with E-state index in [0.29, 0.717) is 17.4 Å². The SMILES string of the molecule is CCC1CC1Nc1snc(N)c1C(=O)NC. The summed E-state index contributed by atoms with van der Waals surface area (Å²) in [6, 6.07) is 0.480. The van der Waals surface area contributed by atoms with E-state index >= 15 is 0 Å². The molecule has 1 heterocycles. The van der Waals surface area contributed by atoms with Gasteiger partial charge in [-0.05, 0) is 23.9 Å². The van der Waals surface area contributed by atoms with Crippen molar-refractivity contribution < 1.29 is 4.79 Å². The van der Waals surface area contributed by atoms with Crippen LogP contribution in [0.1, 0.15) is 30.1 Å². The lowest BCUT2D eigenvalue weighted by Crippen LogP contribution is -2.20. The highest BCUT2D eigenvalue weighted by Crippen LogP contribution is 2.38. The van der Waals surface area contributed by atoms with Crippen LogP contribution in [0.2, 0.25) is 0 Å². The van der Waals surface area contributed by atoms with Crippen molar-refractivity contribution in [1.29, 1.82) is 0 Å². The molecule has 0 radical (unpaired) electrons. The summed E-state index contributed by atoms with van der Waals surface area (Å²) in [4.78, 5) is 11.6. The van der Waals surface area contributed by atoms with Gasteiger partial charge in [-0.15, -0.1) is 0 Å². The summed E-state index contributed by atoms with van der Waals surface area (Å²) in [6.07, 6.45) is 2.34. The maximum Gasteiger partial charge on any atom is 0.257 e. The molecule has 1 aromatic heterocycles. The summed E-state index contributed by atoms with van der Waals surface area (Å²) in [5, 5.41) is 6.70. The number of carbonyl (C=O) groups is 1. The molecule has 0 aliphatic heterocycles. The van der Waals surface area contributed by atoms with Gasteiger partial charge < -0.3 is 16.4 Å². The average Bonchev–Trinajstić information content (AvgIpc) is 2.94. The van der Waals surface area contributed by atoms with E-state index in [4.69, 9.17) is 5.73 Å². The number of nitrogens with one attached hydrogen (secondary N) is 2. The second-order valence-electron chi connectivity index (χ2n) is 4.01. The van der Waals surface area contributed by atoms with Gasteiger partial charge in [0.05, 0.1) is 0 Å². The van der Waals surface area contributed by atoms with Gasteiger partial charge in [0.2, 0.25) is 0 Å². The number of hydrogen-bond acceptors (Lipinski definition) is 5. The van der Waals surface area contributed by atoms with Crippen LogP contribution in [0.15, 0.2) is 0 Å². The van der Waals surface area contributed by atoms with Crippen molar-refractivity contribution in [1.82, 2.24) is 9.69 Å². The summed E-state index contributed by atoms with van der Waals surface area (Å²) in [5.74, 6) is 0.851. The number of nitrogens with two attached hydrogens (primary N) is 1. The molecule has 16 heavy (non-hydrogen) atoms. The number of hydrogen-bond donors (Lipinski definition) is 3. The molecule has 5 nitrogen and oxygen atoms in total. The van der Waals surface area contributed by atoms with Crippen LogP contribution >= 0.6 is 11.5 Å². The van der Waals surface area contributed by atoms with Gasteiger partial charge in [-0.1, -0.05) is 13.3 Å². The molecule has 2 atom stereocenters.